The molecule has 4 rings (SSSR count). The SMILES string of the molecule is CC12CCCC=C1CCC1C2C(O[Si](C)(C)C)CC2(C)C(O[Si](C)(C)C)CCC12. The monoisotopic (exact) mass is 434 g/mol. The van der Waals surface area contributed by atoms with Crippen LogP contribution in [-0.2, 0) is 8.85 Å². The summed E-state index contributed by atoms with van der Waals surface area (Å²) in [6, 6.07) is 0. The minimum atomic E-state index is -1.61. The highest BCUT2D eigenvalue weighted by Crippen LogP contribution is 2.66. The van der Waals surface area contributed by atoms with E-state index in [1.807, 2.05) is 0 Å². The van der Waals surface area contributed by atoms with E-state index in [0.29, 0.717) is 23.0 Å². The third-order valence-corrected chi connectivity index (χ3v) is 10.9. The van der Waals surface area contributed by atoms with Crippen molar-refractivity contribution in [3.05, 3.63) is 11.6 Å². The van der Waals surface area contributed by atoms with Gasteiger partial charge in [0.05, 0.1) is 6.10 Å². The highest BCUT2D eigenvalue weighted by atomic mass is 28.4. The quantitative estimate of drug-likeness (QED) is 0.339. The maximum Gasteiger partial charge on any atom is 0.184 e. The molecule has 3 fully saturated rings. The molecule has 0 heterocycles. The normalized spacial score (nSPS) is 45.2. The van der Waals surface area contributed by atoms with Gasteiger partial charge >= 0.3 is 0 Å². The van der Waals surface area contributed by atoms with E-state index in [4.69, 9.17) is 8.85 Å². The van der Waals surface area contributed by atoms with Gasteiger partial charge in [0, 0.05) is 6.10 Å². The summed E-state index contributed by atoms with van der Waals surface area (Å²) >= 11 is 0. The molecule has 7 unspecified atom stereocenters. The predicted octanol–water partition coefficient (Wildman–Crippen LogP) is 7.39. The number of rotatable bonds is 4. The summed E-state index contributed by atoms with van der Waals surface area (Å²) in [6.07, 6.45) is 14.1. The molecule has 0 radical (unpaired) electrons. The first-order valence-electron chi connectivity index (χ1n) is 12.4. The maximum atomic E-state index is 7.08. The first-order chi connectivity index (χ1) is 13.3. The van der Waals surface area contributed by atoms with Crippen LogP contribution in [0.1, 0.15) is 65.2 Å². The third kappa shape index (κ3) is 4.01. The summed E-state index contributed by atoms with van der Waals surface area (Å²) in [4.78, 5) is 0. The van der Waals surface area contributed by atoms with Crippen LogP contribution in [0.25, 0.3) is 0 Å². The zero-order chi connectivity index (χ0) is 21.2. The van der Waals surface area contributed by atoms with Gasteiger partial charge in [-0.3, -0.25) is 0 Å². The third-order valence-electron chi connectivity index (χ3n) is 8.85. The first kappa shape index (κ1) is 22.3. The van der Waals surface area contributed by atoms with Crippen LogP contribution >= 0.6 is 0 Å². The average Bonchev–Trinajstić information content (AvgIpc) is 2.87. The second-order valence-electron chi connectivity index (χ2n) is 13.1. The molecule has 0 aliphatic heterocycles. The van der Waals surface area contributed by atoms with Crippen LogP contribution in [0.3, 0.4) is 0 Å². The number of hydrogen-bond donors (Lipinski definition) is 0. The fourth-order valence-corrected chi connectivity index (χ4v) is 10.4. The van der Waals surface area contributed by atoms with E-state index in [1.165, 1.54) is 51.4 Å². The van der Waals surface area contributed by atoms with Gasteiger partial charge in [-0.2, -0.15) is 0 Å². The van der Waals surface area contributed by atoms with Crippen LogP contribution in [0.4, 0.5) is 0 Å². The minimum Gasteiger partial charge on any atom is -0.414 e. The van der Waals surface area contributed by atoms with Gasteiger partial charge in [0.1, 0.15) is 0 Å². The molecule has 0 aromatic carbocycles. The molecule has 29 heavy (non-hydrogen) atoms. The molecule has 0 amide bonds. The predicted molar refractivity (Wildman–Crippen MR) is 128 cm³/mol. The van der Waals surface area contributed by atoms with Crippen LogP contribution < -0.4 is 0 Å². The Morgan fingerprint density at radius 1 is 0.931 bits per heavy atom. The molecule has 3 saturated carbocycles. The molecule has 0 aromatic rings. The van der Waals surface area contributed by atoms with Crippen LogP contribution in [-0.4, -0.2) is 28.8 Å². The Hall–Kier alpha value is 0.0938. The molecule has 4 aliphatic carbocycles. The van der Waals surface area contributed by atoms with Crippen molar-refractivity contribution >= 4 is 16.6 Å². The molecule has 0 N–H and O–H groups in total. The summed E-state index contributed by atoms with van der Waals surface area (Å²) in [5, 5.41) is 0. The molecule has 166 valence electrons. The Balaban J connectivity index is 1.72. The van der Waals surface area contributed by atoms with Gasteiger partial charge in [0.15, 0.2) is 16.6 Å². The van der Waals surface area contributed by atoms with Crippen LogP contribution in [0, 0.1) is 28.6 Å². The molecule has 4 aliphatic rings. The molecule has 2 nitrogen and oxygen atoms in total. The molecule has 0 bridgehead atoms. The number of allylic oxidation sites excluding steroid dienone is 2. The van der Waals surface area contributed by atoms with Crippen molar-refractivity contribution < 1.29 is 8.85 Å². The van der Waals surface area contributed by atoms with Crippen molar-refractivity contribution in [2.45, 2.75) is 117 Å². The van der Waals surface area contributed by atoms with Gasteiger partial charge in [-0.05, 0) is 119 Å². The summed E-state index contributed by atoms with van der Waals surface area (Å²) < 4.78 is 13.9. The van der Waals surface area contributed by atoms with Gasteiger partial charge in [0.25, 0.3) is 0 Å². The summed E-state index contributed by atoms with van der Waals surface area (Å²) in [5.41, 5.74) is 2.47. The zero-order valence-electron chi connectivity index (χ0n) is 20.4. The van der Waals surface area contributed by atoms with E-state index in [1.54, 1.807) is 5.57 Å². The van der Waals surface area contributed by atoms with E-state index in [0.717, 1.165) is 17.8 Å². The van der Waals surface area contributed by atoms with Gasteiger partial charge in [-0.15, -0.1) is 0 Å². The Kier molecular flexibility index (Phi) is 5.62. The Morgan fingerprint density at radius 3 is 2.28 bits per heavy atom. The van der Waals surface area contributed by atoms with Crippen molar-refractivity contribution in [2.75, 3.05) is 0 Å². The van der Waals surface area contributed by atoms with Gasteiger partial charge in [-0.1, -0.05) is 25.5 Å². The van der Waals surface area contributed by atoms with Crippen molar-refractivity contribution in [2.24, 2.45) is 28.6 Å². The lowest BCUT2D eigenvalue weighted by Crippen LogP contribution is -2.59. The molecule has 4 heteroatoms. The van der Waals surface area contributed by atoms with E-state index >= 15 is 0 Å². The van der Waals surface area contributed by atoms with E-state index < -0.39 is 16.6 Å². The summed E-state index contributed by atoms with van der Waals surface area (Å²) in [6.45, 7) is 19.5. The van der Waals surface area contributed by atoms with Crippen molar-refractivity contribution in [3.8, 4) is 0 Å². The van der Waals surface area contributed by atoms with Gasteiger partial charge < -0.3 is 8.85 Å². The molecule has 0 saturated heterocycles. The second kappa shape index (κ2) is 7.32. The van der Waals surface area contributed by atoms with Crippen LogP contribution in [0.15, 0.2) is 11.6 Å². The second-order valence-corrected chi connectivity index (χ2v) is 22.1. The van der Waals surface area contributed by atoms with Crippen LogP contribution in [0.5, 0.6) is 0 Å². The molecule has 0 aromatic heterocycles. The fraction of sp³-hybridized carbons (Fsp3) is 0.920. The smallest absolute Gasteiger partial charge is 0.184 e. The Labute approximate surface area is 182 Å². The van der Waals surface area contributed by atoms with Crippen molar-refractivity contribution in [1.29, 1.82) is 0 Å². The van der Waals surface area contributed by atoms with E-state index in [9.17, 15) is 0 Å². The minimum absolute atomic E-state index is 0.304. The zero-order valence-corrected chi connectivity index (χ0v) is 22.4. The lowest BCUT2D eigenvalue weighted by atomic mass is 9.46. The van der Waals surface area contributed by atoms with E-state index in [-0.39, 0.29) is 0 Å². The highest BCUT2D eigenvalue weighted by molar-refractivity contribution is 6.70. The topological polar surface area (TPSA) is 18.5 Å². The maximum absolute atomic E-state index is 7.08. The van der Waals surface area contributed by atoms with Gasteiger partial charge in [-0.25, -0.2) is 0 Å². The Morgan fingerprint density at radius 2 is 1.62 bits per heavy atom. The molecular formula is C25H46O2Si2. The number of hydrogen-bond acceptors (Lipinski definition) is 2. The van der Waals surface area contributed by atoms with Crippen LogP contribution in [0.2, 0.25) is 39.3 Å². The standard InChI is InChI=1S/C25H46O2Si2/c1-24-16-10-9-11-18(24)12-13-19-20-14-15-22(27-29(6,7)8)25(20,2)17-21(23(19)24)26-28(3,4)5/h11,19-23H,9-10,12-17H2,1-8H3. The summed E-state index contributed by atoms with van der Waals surface area (Å²) in [7, 11) is -3.15. The fourth-order valence-electron chi connectivity index (χ4n) is 7.98. The van der Waals surface area contributed by atoms with Gasteiger partial charge in [0.2, 0.25) is 0 Å². The molecule has 0 spiro atoms. The molecular weight excluding hydrogens is 388 g/mol. The first-order valence-corrected chi connectivity index (χ1v) is 19.2. The molecule has 7 atom stereocenters. The highest BCUT2D eigenvalue weighted by Gasteiger charge is 2.63. The van der Waals surface area contributed by atoms with Crippen molar-refractivity contribution in [1.82, 2.24) is 0 Å². The average molecular weight is 435 g/mol. The Bertz CT molecular complexity index is 661. The lowest BCUT2D eigenvalue weighted by Gasteiger charge is -2.61. The van der Waals surface area contributed by atoms with E-state index in [2.05, 4.69) is 59.2 Å². The van der Waals surface area contributed by atoms with Crippen molar-refractivity contribution in [3.63, 3.8) is 0 Å². The lowest BCUT2D eigenvalue weighted by molar-refractivity contribution is -0.130. The summed E-state index contributed by atoms with van der Waals surface area (Å²) in [5.74, 6) is 2.37. The largest absolute Gasteiger partial charge is 0.414 e. The number of fused-ring (bicyclic) bond motifs is 5.